The van der Waals surface area contributed by atoms with Crippen molar-refractivity contribution in [1.29, 1.82) is 0 Å². The summed E-state index contributed by atoms with van der Waals surface area (Å²) in [6.07, 6.45) is 1.46. The molecule has 1 N–H and O–H groups in total. The molecule has 0 bridgehead atoms. The van der Waals surface area contributed by atoms with Crippen LogP contribution in [0.5, 0.6) is 0 Å². The SMILES string of the molecule is CCC(F)(F)C(C)(C)C/C=C(\C)O. The van der Waals surface area contributed by atoms with Crippen molar-refractivity contribution in [3.05, 3.63) is 11.8 Å². The van der Waals surface area contributed by atoms with E-state index in [-0.39, 0.29) is 18.6 Å². The minimum atomic E-state index is -2.68. The summed E-state index contributed by atoms with van der Waals surface area (Å²) in [7, 11) is 0. The topological polar surface area (TPSA) is 20.2 Å². The van der Waals surface area contributed by atoms with E-state index in [2.05, 4.69) is 0 Å². The van der Waals surface area contributed by atoms with Crippen LogP contribution in [0.15, 0.2) is 11.8 Å². The number of halogens is 2. The van der Waals surface area contributed by atoms with Crippen LogP contribution in [-0.4, -0.2) is 11.0 Å². The number of hydrogen-bond donors (Lipinski definition) is 1. The number of allylic oxidation sites excluding steroid dienone is 2. The van der Waals surface area contributed by atoms with E-state index in [4.69, 9.17) is 5.11 Å². The normalized spacial score (nSPS) is 14.8. The molecule has 0 saturated carbocycles. The highest BCUT2D eigenvalue weighted by atomic mass is 19.3. The van der Waals surface area contributed by atoms with Gasteiger partial charge in [-0.05, 0) is 19.4 Å². The van der Waals surface area contributed by atoms with E-state index in [0.717, 1.165) is 0 Å². The maximum Gasteiger partial charge on any atom is 0.253 e. The predicted octanol–water partition coefficient (Wildman–Crippen LogP) is 3.91. The quantitative estimate of drug-likeness (QED) is 0.669. The molecule has 0 aliphatic heterocycles. The zero-order valence-corrected chi connectivity index (χ0v) is 8.69. The molecule has 0 rings (SSSR count). The Hall–Kier alpha value is -0.600. The molecule has 0 amide bonds. The highest BCUT2D eigenvalue weighted by molar-refractivity contribution is 4.95. The van der Waals surface area contributed by atoms with Crippen molar-refractivity contribution in [3.8, 4) is 0 Å². The lowest BCUT2D eigenvalue weighted by Crippen LogP contribution is -2.35. The summed E-state index contributed by atoms with van der Waals surface area (Å²) in [6.45, 7) is 5.98. The average molecular weight is 192 g/mol. The van der Waals surface area contributed by atoms with Crippen LogP contribution in [0.1, 0.15) is 40.5 Å². The molecule has 0 saturated heterocycles. The van der Waals surface area contributed by atoms with Gasteiger partial charge in [0.15, 0.2) is 0 Å². The van der Waals surface area contributed by atoms with Gasteiger partial charge in [-0.3, -0.25) is 0 Å². The van der Waals surface area contributed by atoms with Crippen LogP contribution in [0.4, 0.5) is 8.78 Å². The fourth-order valence-corrected chi connectivity index (χ4v) is 1.03. The fraction of sp³-hybridized carbons (Fsp3) is 0.800. The second-order valence-corrected chi connectivity index (χ2v) is 3.99. The molecule has 0 aliphatic rings. The van der Waals surface area contributed by atoms with E-state index < -0.39 is 11.3 Å². The number of aliphatic hydroxyl groups excluding tert-OH is 1. The maximum absolute atomic E-state index is 13.3. The van der Waals surface area contributed by atoms with E-state index in [9.17, 15) is 8.78 Å². The third-order valence-electron chi connectivity index (χ3n) is 2.34. The Kier molecular flexibility index (Phi) is 3.88. The summed E-state index contributed by atoms with van der Waals surface area (Å²) < 4.78 is 26.5. The van der Waals surface area contributed by atoms with Gasteiger partial charge in [0, 0.05) is 11.8 Å². The molecule has 0 aromatic rings. The molecule has 0 unspecified atom stereocenters. The third-order valence-corrected chi connectivity index (χ3v) is 2.34. The van der Waals surface area contributed by atoms with Crippen molar-refractivity contribution >= 4 is 0 Å². The standard InChI is InChI=1S/C10H18F2O/c1-5-10(11,12)9(3,4)7-6-8(2)13/h6,13H,5,7H2,1-4H3/b8-6+. The average Bonchev–Trinajstić information content (AvgIpc) is 2.01. The molecule has 0 atom stereocenters. The Balaban J connectivity index is 4.48. The summed E-state index contributed by atoms with van der Waals surface area (Å²) in [5.41, 5.74) is -1.09. The second kappa shape index (κ2) is 4.07. The van der Waals surface area contributed by atoms with Gasteiger partial charge in [-0.25, -0.2) is 8.78 Å². The summed E-state index contributed by atoms with van der Waals surface area (Å²) in [6, 6.07) is 0. The third kappa shape index (κ3) is 3.33. The minimum Gasteiger partial charge on any atom is -0.513 e. The van der Waals surface area contributed by atoms with Crippen molar-refractivity contribution in [2.75, 3.05) is 0 Å². The lowest BCUT2D eigenvalue weighted by Gasteiger charge is -2.32. The molecule has 1 nitrogen and oxygen atoms in total. The number of hydrogen-bond acceptors (Lipinski definition) is 1. The molecule has 0 aromatic heterocycles. The van der Waals surface area contributed by atoms with Crippen LogP contribution in [0.3, 0.4) is 0 Å². The Morgan fingerprint density at radius 1 is 1.38 bits per heavy atom. The lowest BCUT2D eigenvalue weighted by molar-refractivity contribution is -0.106. The summed E-state index contributed by atoms with van der Waals surface area (Å²) in [5.74, 6) is -2.58. The van der Waals surface area contributed by atoms with E-state index in [1.165, 1.54) is 33.8 Å². The summed E-state index contributed by atoms with van der Waals surface area (Å²) in [4.78, 5) is 0. The monoisotopic (exact) mass is 192 g/mol. The lowest BCUT2D eigenvalue weighted by atomic mass is 9.81. The number of alkyl halides is 2. The first-order valence-corrected chi connectivity index (χ1v) is 4.46. The van der Waals surface area contributed by atoms with Crippen LogP contribution in [-0.2, 0) is 0 Å². The molecule has 0 aliphatic carbocycles. The zero-order chi connectivity index (χ0) is 10.7. The Bertz CT molecular complexity index is 191. The van der Waals surface area contributed by atoms with Crippen molar-refractivity contribution in [2.24, 2.45) is 5.41 Å². The van der Waals surface area contributed by atoms with Gasteiger partial charge in [-0.15, -0.1) is 0 Å². The molecule has 0 spiro atoms. The number of aliphatic hydroxyl groups is 1. The minimum absolute atomic E-state index is 0.0972. The van der Waals surface area contributed by atoms with Crippen LogP contribution in [0, 0.1) is 5.41 Å². The zero-order valence-electron chi connectivity index (χ0n) is 8.69. The molecule has 78 valence electrons. The molecule has 13 heavy (non-hydrogen) atoms. The molecular weight excluding hydrogens is 174 g/mol. The van der Waals surface area contributed by atoms with E-state index >= 15 is 0 Å². The smallest absolute Gasteiger partial charge is 0.253 e. The maximum atomic E-state index is 13.3. The first-order valence-electron chi connectivity index (χ1n) is 4.46. The van der Waals surface area contributed by atoms with Gasteiger partial charge in [0.25, 0.3) is 5.92 Å². The molecule has 0 fully saturated rings. The molecular formula is C10H18F2O. The van der Waals surface area contributed by atoms with Gasteiger partial charge in [-0.1, -0.05) is 20.8 Å². The highest BCUT2D eigenvalue weighted by Gasteiger charge is 2.43. The van der Waals surface area contributed by atoms with Crippen molar-refractivity contribution in [1.82, 2.24) is 0 Å². The van der Waals surface area contributed by atoms with E-state index in [0.29, 0.717) is 0 Å². The first-order chi connectivity index (χ1) is 5.73. The van der Waals surface area contributed by atoms with Crippen LogP contribution in [0.25, 0.3) is 0 Å². The molecule has 0 heterocycles. The molecule has 0 aromatic carbocycles. The van der Waals surface area contributed by atoms with Gasteiger partial charge in [0.05, 0.1) is 5.76 Å². The Labute approximate surface area is 78.5 Å². The molecule has 0 radical (unpaired) electrons. The van der Waals surface area contributed by atoms with Crippen LogP contribution in [0.2, 0.25) is 0 Å². The summed E-state index contributed by atoms with van der Waals surface area (Å²) in [5, 5.41) is 8.87. The van der Waals surface area contributed by atoms with Gasteiger partial charge in [-0.2, -0.15) is 0 Å². The first kappa shape index (κ1) is 12.4. The van der Waals surface area contributed by atoms with Gasteiger partial charge in [0.2, 0.25) is 0 Å². The van der Waals surface area contributed by atoms with Crippen molar-refractivity contribution in [2.45, 2.75) is 46.5 Å². The van der Waals surface area contributed by atoms with Crippen LogP contribution >= 0.6 is 0 Å². The Morgan fingerprint density at radius 3 is 2.15 bits per heavy atom. The molecule has 3 heteroatoms. The summed E-state index contributed by atoms with van der Waals surface area (Å²) >= 11 is 0. The van der Waals surface area contributed by atoms with Crippen molar-refractivity contribution in [3.63, 3.8) is 0 Å². The van der Waals surface area contributed by atoms with Gasteiger partial charge < -0.3 is 5.11 Å². The highest BCUT2D eigenvalue weighted by Crippen LogP contribution is 2.41. The van der Waals surface area contributed by atoms with E-state index in [1.807, 2.05) is 0 Å². The van der Waals surface area contributed by atoms with Gasteiger partial charge in [0.1, 0.15) is 0 Å². The predicted molar refractivity (Wildman–Crippen MR) is 50.0 cm³/mol. The second-order valence-electron chi connectivity index (χ2n) is 3.99. The fourth-order valence-electron chi connectivity index (χ4n) is 1.03. The largest absolute Gasteiger partial charge is 0.513 e. The number of rotatable bonds is 4. The Morgan fingerprint density at radius 2 is 1.85 bits per heavy atom. The van der Waals surface area contributed by atoms with Gasteiger partial charge >= 0.3 is 0 Å². The van der Waals surface area contributed by atoms with E-state index in [1.54, 1.807) is 0 Å². The van der Waals surface area contributed by atoms with Crippen LogP contribution < -0.4 is 0 Å². The van der Waals surface area contributed by atoms with Crippen molar-refractivity contribution < 1.29 is 13.9 Å².